The molecule has 14 nitrogen and oxygen atoms in total. The van der Waals surface area contributed by atoms with Crippen molar-refractivity contribution < 1.29 is 57.3 Å². The average molecular weight is 767 g/mol. The van der Waals surface area contributed by atoms with Crippen LogP contribution in [0.2, 0.25) is 0 Å². The zero-order chi connectivity index (χ0) is 38.6. The van der Waals surface area contributed by atoms with Crippen molar-refractivity contribution in [1.29, 1.82) is 0 Å². The van der Waals surface area contributed by atoms with Crippen molar-refractivity contribution in [3.63, 3.8) is 0 Å². The molecule has 0 aliphatic carbocycles. The Balaban J connectivity index is 0.000000413. The number of nitrogens with zero attached hydrogens (tertiary/aromatic N) is 1. The number of ether oxygens (including phenoxy) is 2. The number of aliphatic hydroxyl groups excluding tert-OH is 2. The molecule has 0 saturated carbocycles. The topological polar surface area (TPSA) is 209 Å². The maximum atomic E-state index is 11.6. The quantitative estimate of drug-likeness (QED) is 0.0457. The molecular weight excluding hydrogens is 723 g/mol. The highest BCUT2D eigenvalue weighted by Crippen LogP contribution is 2.39. The second kappa shape index (κ2) is 22.3. The fourth-order valence-electron chi connectivity index (χ4n) is 3.32. The highest BCUT2D eigenvalue weighted by molar-refractivity contribution is 7.58. The molecule has 0 bridgehead atoms. The molecular formula is C34H43NO13P3+. The van der Waals surface area contributed by atoms with Crippen LogP contribution in [0.3, 0.4) is 0 Å². The van der Waals surface area contributed by atoms with Crippen LogP contribution in [-0.2, 0) is 38.3 Å². The minimum Gasteiger partial charge on any atom is -0.508 e. The number of phenols is 1. The van der Waals surface area contributed by atoms with Gasteiger partial charge in [0.1, 0.15) is 42.9 Å². The van der Waals surface area contributed by atoms with Crippen molar-refractivity contribution in [2.75, 3.05) is 40.0 Å². The van der Waals surface area contributed by atoms with Crippen molar-refractivity contribution in [3.05, 3.63) is 124 Å². The third-order valence-corrected chi connectivity index (χ3v) is 6.71. The summed E-state index contributed by atoms with van der Waals surface area (Å²) in [5.74, 6) is 1.41. The molecule has 3 N–H and O–H groups in total. The van der Waals surface area contributed by atoms with Crippen molar-refractivity contribution in [3.8, 4) is 23.0 Å². The Morgan fingerprint density at radius 1 is 0.686 bits per heavy atom. The fraction of sp³-hybridized carbons (Fsp3) is 0.265. The zero-order valence-corrected chi connectivity index (χ0v) is 31.8. The summed E-state index contributed by atoms with van der Waals surface area (Å²) in [6.45, 7) is 9.51. The summed E-state index contributed by atoms with van der Waals surface area (Å²) < 4.78 is 52.7. The lowest BCUT2D eigenvalue weighted by atomic mass is 10.2. The van der Waals surface area contributed by atoms with E-state index in [0.29, 0.717) is 17.1 Å². The number of phenolic OH excluding ortho intramolecular Hbond substituents is 1. The third-order valence-electron chi connectivity index (χ3n) is 5.40. The van der Waals surface area contributed by atoms with Crippen LogP contribution in [0.25, 0.3) is 0 Å². The molecule has 51 heavy (non-hydrogen) atoms. The first-order chi connectivity index (χ1) is 23.8. The van der Waals surface area contributed by atoms with Gasteiger partial charge >= 0.3 is 14.0 Å². The van der Waals surface area contributed by atoms with E-state index in [-0.39, 0.29) is 37.0 Å². The molecule has 0 aromatic heterocycles. The fourth-order valence-corrected chi connectivity index (χ4v) is 4.57. The first kappa shape index (κ1) is 44.5. The second-order valence-corrected chi connectivity index (χ2v) is 18.2. The van der Waals surface area contributed by atoms with E-state index in [1.165, 1.54) is 37.6 Å². The van der Waals surface area contributed by atoms with Crippen LogP contribution in [0.4, 0.5) is 10.5 Å². The highest BCUT2D eigenvalue weighted by Gasteiger charge is 2.11. The molecule has 276 valence electrons. The maximum Gasteiger partial charge on any atom is 0.514 e. The van der Waals surface area contributed by atoms with E-state index in [1.807, 2.05) is 0 Å². The molecule has 4 aromatic rings. The summed E-state index contributed by atoms with van der Waals surface area (Å²) in [6, 6.07) is 25.0. The number of nitro benzene ring substituents is 1. The largest absolute Gasteiger partial charge is 0.514 e. The molecule has 0 heterocycles. The highest BCUT2D eigenvalue weighted by atomic mass is 31.2. The van der Waals surface area contributed by atoms with Crippen LogP contribution in [0.15, 0.2) is 97.1 Å². The minimum atomic E-state index is -2.63. The molecule has 0 fully saturated rings. The Hall–Kier alpha value is -4.57. The van der Waals surface area contributed by atoms with Crippen LogP contribution in [-0.4, -0.2) is 66.4 Å². The molecule has 0 aliphatic heterocycles. The monoisotopic (exact) mass is 766 g/mol. The van der Waals surface area contributed by atoms with E-state index < -0.39 is 33.6 Å². The summed E-state index contributed by atoms with van der Waals surface area (Å²) in [5.41, 5.74) is 2.21. The summed E-state index contributed by atoms with van der Waals surface area (Å²) in [7, 11) is -5.97. The van der Waals surface area contributed by atoms with Gasteiger partial charge < -0.3 is 33.8 Å². The summed E-state index contributed by atoms with van der Waals surface area (Å²) >= 11 is 0. The second-order valence-electron chi connectivity index (χ2n) is 11.2. The number of benzene rings is 4. The smallest absolute Gasteiger partial charge is 0.508 e. The van der Waals surface area contributed by atoms with Gasteiger partial charge in [0.2, 0.25) is 14.7 Å². The molecule has 17 heteroatoms. The lowest BCUT2D eigenvalue weighted by molar-refractivity contribution is -0.384. The van der Waals surface area contributed by atoms with Crippen LogP contribution in [0.1, 0.15) is 16.7 Å². The predicted molar refractivity (Wildman–Crippen MR) is 196 cm³/mol. The number of aromatic hydroxyl groups is 1. The Labute approximate surface area is 297 Å². The Morgan fingerprint density at radius 2 is 1.04 bits per heavy atom. The molecule has 0 atom stereocenters. The van der Waals surface area contributed by atoms with Crippen LogP contribution in [0, 0.1) is 10.1 Å². The maximum absolute atomic E-state index is 11.6. The van der Waals surface area contributed by atoms with Gasteiger partial charge in [-0.05, 0) is 65.2 Å². The molecule has 0 radical (unpaired) electrons. The molecule has 0 saturated heterocycles. The van der Waals surface area contributed by atoms with Gasteiger partial charge in [-0.1, -0.05) is 41.0 Å². The number of rotatable bonds is 10. The van der Waals surface area contributed by atoms with Crippen LogP contribution >= 0.6 is 22.5 Å². The SMILES string of the molecule is CP(C)(=O)Oc1ccc(CO)cc1.CP(C)(=O)Oc1ccc(COC(=O)Oc2ccc([N+](=O)[O-])cc2)cc1.C[P+](C)=O.OCc1ccc(O)cc1. The van der Waals surface area contributed by atoms with Gasteiger partial charge in [0, 0.05) is 38.8 Å². The Morgan fingerprint density at radius 3 is 1.39 bits per heavy atom. The number of carbonyl (C=O) groups is 1. The van der Waals surface area contributed by atoms with Crippen molar-refractivity contribution >= 4 is 34.4 Å². The number of hydrogen-bond donors (Lipinski definition) is 3. The van der Waals surface area contributed by atoms with Gasteiger partial charge in [-0.3, -0.25) is 19.2 Å². The standard InChI is InChI=1S/C16H16NO7P.C9H13O3P.C7H8O2.C2H6OP/c1-25(2,21)24-15-7-3-12(4-8-15)11-22-16(18)23-14-9-5-13(6-10-14)17(19)20;1-13(2,11)12-9-5-3-8(7-10)4-6-9;8-5-6-1-3-7(9)4-2-6;1-4(2)3/h3-10H,11H2,1-2H3;3-6,10H,7H2,1-2H3;1-4,8-9H,5H2;1-2H3/q;;;+1. The van der Waals surface area contributed by atoms with Crippen molar-refractivity contribution in [2.24, 2.45) is 0 Å². The van der Waals surface area contributed by atoms with Gasteiger partial charge in [-0.15, -0.1) is 0 Å². The van der Waals surface area contributed by atoms with E-state index >= 15 is 0 Å². The first-order valence-corrected chi connectivity index (χ1v) is 22.1. The zero-order valence-electron chi connectivity index (χ0n) is 29.1. The summed E-state index contributed by atoms with van der Waals surface area (Å²) in [6.07, 6.45) is -0.930. The minimum absolute atomic E-state index is 0.0101. The Bertz CT molecular complexity index is 1750. The van der Waals surface area contributed by atoms with E-state index in [2.05, 4.69) is 0 Å². The van der Waals surface area contributed by atoms with Gasteiger partial charge in [-0.2, -0.15) is 0 Å². The molecule has 0 amide bonds. The molecule has 4 rings (SSSR count). The molecule has 0 spiro atoms. The van der Waals surface area contributed by atoms with Gasteiger partial charge in [0.15, 0.2) is 0 Å². The number of non-ortho nitro benzene ring substituents is 1. The number of aliphatic hydroxyl groups is 2. The normalized spacial score (nSPS) is 10.4. The Kier molecular flexibility index (Phi) is 19.4. The van der Waals surface area contributed by atoms with Gasteiger partial charge in [0.05, 0.1) is 18.1 Å². The van der Waals surface area contributed by atoms with E-state index in [9.17, 15) is 28.6 Å². The average Bonchev–Trinajstić information content (AvgIpc) is 3.04. The van der Waals surface area contributed by atoms with Crippen molar-refractivity contribution in [2.45, 2.75) is 19.8 Å². The lowest BCUT2D eigenvalue weighted by Gasteiger charge is -2.10. The third kappa shape index (κ3) is 22.0. The van der Waals surface area contributed by atoms with Crippen LogP contribution < -0.4 is 13.8 Å². The van der Waals surface area contributed by atoms with Gasteiger partial charge in [0.25, 0.3) is 5.69 Å². The van der Waals surface area contributed by atoms with Crippen LogP contribution in [0.5, 0.6) is 23.0 Å². The van der Waals surface area contributed by atoms with E-state index in [0.717, 1.165) is 11.1 Å². The first-order valence-electron chi connectivity index (χ1n) is 14.9. The van der Waals surface area contributed by atoms with E-state index in [1.54, 1.807) is 99.5 Å². The molecule has 4 aromatic carbocycles. The predicted octanol–water partition coefficient (Wildman–Crippen LogP) is 8.28. The van der Waals surface area contributed by atoms with Gasteiger partial charge in [-0.25, -0.2) is 4.79 Å². The lowest BCUT2D eigenvalue weighted by Crippen LogP contribution is -2.10. The van der Waals surface area contributed by atoms with Crippen molar-refractivity contribution in [1.82, 2.24) is 0 Å². The summed E-state index contributed by atoms with van der Waals surface area (Å²) in [4.78, 5) is 21.6. The number of hydrogen-bond acceptors (Lipinski definition) is 13. The summed E-state index contributed by atoms with van der Waals surface area (Å²) in [5, 5.41) is 36.6. The molecule has 0 unspecified atom stereocenters. The molecule has 0 aliphatic rings. The number of carbonyl (C=O) groups excluding carboxylic acids is 1. The number of nitro groups is 1. The van der Waals surface area contributed by atoms with E-state index in [4.69, 9.17) is 33.8 Å².